The molecule has 3 aromatic rings. The lowest BCUT2D eigenvalue weighted by Gasteiger charge is -2.15. The third-order valence-electron chi connectivity index (χ3n) is 3.49. The summed E-state index contributed by atoms with van der Waals surface area (Å²) in [4.78, 5) is 9.01. The monoisotopic (exact) mass is 267 g/mol. The van der Waals surface area contributed by atoms with E-state index >= 15 is 0 Å². The van der Waals surface area contributed by atoms with Crippen LogP contribution >= 0.6 is 0 Å². The van der Waals surface area contributed by atoms with Gasteiger partial charge in [-0.2, -0.15) is 0 Å². The minimum Gasteiger partial charge on any atom is -0.338 e. The largest absolute Gasteiger partial charge is 0.338 e. The van der Waals surface area contributed by atoms with Crippen molar-refractivity contribution in [3.05, 3.63) is 60.3 Å². The lowest BCUT2D eigenvalue weighted by Crippen LogP contribution is -2.31. The predicted octanol–water partition coefficient (Wildman–Crippen LogP) is 1.72. The van der Waals surface area contributed by atoms with Gasteiger partial charge >= 0.3 is 0 Å². The van der Waals surface area contributed by atoms with Gasteiger partial charge in [0.2, 0.25) is 0 Å². The first-order valence-electron chi connectivity index (χ1n) is 6.56. The Morgan fingerprint density at radius 2 is 2.10 bits per heavy atom. The van der Waals surface area contributed by atoms with Gasteiger partial charge in [0.05, 0.1) is 17.3 Å². The van der Waals surface area contributed by atoms with E-state index in [1.165, 1.54) is 0 Å². The lowest BCUT2D eigenvalue weighted by molar-refractivity contribution is 0.520. The molecule has 2 aromatic heterocycles. The van der Waals surface area contributed by atoms with Crippen LogP contribution in [0.2, 0.25) is 0 Å². The predicted molar refractivity (Wildman–Crippen MR) is 78.7 cm³/mol. The Hall–Kier alpha value is -2.24. The Bertz CT molecular complexity index is 719. The molecular weight excluding hydrogens is 250 g/mol. The molecule has 0 aliphatic carbocycles. The van der Waals surface area contributed by atoms with Gasteiger partial charge in [0.25, 0.3) is 0 Å². The lowest BCUT2D eigenvalue weighted by atomic mass is 10.1. The molecule has 3 rings (SSSR count). The summed E-state index contributed by atoms with van der Waals surface area (Å²) >= 11 is 0. The summed E-state index contributed by atoms with van der Waals surface area (Å²) in [5, 5.41) is 1.13. The van der Waals surface area contributed by atoms with Gasteiger partial charge in [-0.15, -0.1) is 0 Å². The number of nitrogens with two attached hydrogens (primary N) is 1. The molecule has 0 saturated heterocycles. The van der Waals surface area contributed by atoms with Crippen LogP contribution in [0.3, 0.4) is 0 Å². The maximum absolute atomic E-state index is 5.69. The summed E-state index contributed by atoms with van der Waals surface area (Å²) < 4.78 is 1.99. The number of hydrogen-bond donors (Lipinski definition) is 2. The third-order valence-corrected chi connectivity index (χ3v) is 3.49. The number of nitrogens with zero attached hydrogens (tertiary/aromatic N) is 3. The highest BCUT2D eigenvalue weighted by molar-refractivity contribution is 5.78. The van der Waals surface area contributed by atoms with Crippen molar-refractivity contribution in [3.63, 3.8) is 0 Å². The molecule has 1 atom stereocenters. The number of aromatic nitrogens is 3. The van der Waals surface area contributed by atoms with Gasteiger partial charge in [0, 0.05) is 31.2 Å². The van der Waals surface area contributed by atoms with Crippen molar-refractivity contribution in [1.29, 1.82) is 0 Å². The molecule has 0 aliphatic rings. The minimum atomic E-state index is -0.0549. The summed E-state index contributed by atoms with van der Waals surface area (Å²) in [6.45, 7) is 0. The molecular formula is C15H17N5. The summed E-state index contributed by atoms with van der Waals surface area (Å²) in [5.74, 6) is 6.66. The number of pyridine rings is 1. The van der Waals surface area contributed by atoms with Crippen molar-refractivity contribution < 1.29 is 0 Å². The highest BCUT2D eigenvalue weighted by Crippen LogP contribution is 2.18. The quantitative estimate of drug-likeness (QED) is 0.558. The van der Waals surface area contributed by atoms with E-state index in [-0.39, 0.29) is 6.04 Å². The van der Waals surface area contributed by atoms with Crippen LogP contribution in [-0.2, 0) is 13.5 Å². The van der Waals surface area contributed by atoms with E-state index in [1.54, 1.807) is 6.20 Å². The number of nitrogens with one attached hydrogen (secondary N) is 1. The van der Waals surface area contributed by atoms with E-state index in [9.17, 15) is 0 Å². The van der Waals surface area contributed by atoms with Crippen LogP contribution in [0.4, 0.5) is 0 Å². The molecule has 0 aliphatic heterocycles. The van der Waals surface area contributed by atoms with Crippen molar-refractivity contribution in [2.24, 2.45) is 12.9 Å². The summed E-state index contributed by atoms with van der Waals surface area (Å²) in [7, 11) is 1.98. The fourth-order valence-corrected chi connectivity index (χ4v) is 2.30. The SMILES string of the molecule is Cn1ccnc1CC(NN)c1ccc2ccccc2n1. The molecule has 20 heavy (non-hydrogen) atoms. The number of fused-ring (bicyclic) bond motifs is 1. The molecule has 0 radical (unpaired) electrons. The van der Waals surface area contributed by atoms with Gasteiger partial charge in [-0.3, -0.25) is 16.3 Å². The molecule has 2 heterocycles. The second-order valence-electron chi connectivity index (χ2n) is 4.81. The Morgan fingerprint density at radius 3 is 2.85 bits per heavy atom. The summed E-state index contributed by atoms with van der Waals surface area (Å²) in [5.41, 5.74) is 4.73. The first-order valence-corrected chi connectivity index (χ1v) is 6.56. The Balaban J connectivity index is 1.92. The van der Waals surface area contributed by atoms with E-state index in [0.717, 1.165) is 22.4 Å². The summed E-state index contributed by atoms with van der Waals surface area (Å²) in [6, 6.07) is 12.1. The van der Waals surface area contributed by atoms with Crippen LogP contribution in [0, 0.1) is 0 Å². The molecule has 0 fully saturated rings. The van der Waals surface area contributed by atoms with Crippen LogP contribution in [0.25, 0.3) is 10.9 Å². The van der Waals surface area contributed by atoms with Gasteiger partial charge < -0.3 is 4.57 Å². The van der Waals surface area contributed by atoms with Crippen molar-refractivity contribution in [2.75, 3.05) is 0 Å². The number of hydrazine groups is 1. The number of para-hydroxylation sites is 1. The molecule has 0 bridgehead atoms. The van der Waals surface area contributed by atoms with Crippen LogP contribution in [0.1, 0.15) is 17.6 Å². The van der Waals surface area contributed by atoms with Gasteiger partial charge in [-0.1, -0.05) is 24.3 Å². The summed E-state index contributed by atoms with van der Waals surface area (Å²) in [6.07, 6.45) is 4.42. The molecule has 5 heteroatoms. The fraction of sp³-hybridized carbons (Fsp3) is 0.200. The molecule has 1 unspecified atom stereocenters. The second-order valence-corrected chi connectivity index (χ2v) is 4.81. The maximum atomic E-state index is 5.69. The molecule has 1 aromatic carbocycles. The molecule has 3 N–H and O–H groups in total. The van der Waals surface area contributed by atoms with E-state index in [4.69, 9.17) is 5.84 Å². The van der Waals surface area contributed by atoms with E-state index in [2.05, 4.69) is 27.5 Å². The number of benzene rings is 1. The zero-order valence-corrected chi connectivity index (χ0v) is 11.3. The zero-order chi connectivity index (χ0) is 13.9. The Kier molecular flexibility index (Phi) is 3.45. The minimum absolute atomic E-state index is 0.0549. The highest BCUT2D eigenvalue weighted by atomic mass is 15.2. The molecule has 5 nitrogen and oxygen atoms in total. The normalized spacial score (nSPS) is 12.7. The zero-order valence-electron chi connectivity index (χ0n) is 11.3. The Labute approximate surface area is 117 Å². The van der Waals surface area contributed by atoms with Gasteiger partial charge in [0.15, 0.2) is 0 Å². The molecule has 0 saturated carbocycles. The van der Waals surface area contributed by atoms with E-state index < -0.39 is 0 Å². The average Bonchev–Trinajstić information content (AvgIpc) is 2.89. The van der Waals surface area contributed by atoms with Crippen LogP contribution in [-0.4, -0.2) is 14.5 Å². The third kappa shape index (κ3) is 2.41. The van der Waals surface area contributed by atoms with Crippen LogP contribution < -0.4 is 11.3 Å². The number of rotatable bonds is 4. The van der Waals surface area contributed by atoms with Gasteiger partial charge in [0.1, 0.15) is 5.82 Å². The smallest absolute Gasteiger partial charge is 0.110 e. The second kappa shape index (κ2) is 5.40. The van der Waals surface area contributed by atoms with Crippen molar-refractivity contribution in [3.8, 4) is 0 Å². The van der Waals surface area contributed by atoms with Crippen molar-refractivity contribution in [2.45, 2.75) is 12.5 Å². The van der Waals surface area contributed by atoms with Crippen LogP contribution in [0.15, 0.2) is 48.8 Å². The molecule has 0 amide bonds. The first-order chi connectivity index (χ1) is 9.78. The standard InChI is InChI=1S/C15H17N5/c1-20-9-8-17-15(20)10-14(19-16)13-7-6-11-4-2-3-5-12(11)18-13/h2-9,14,19H,10,16H2,1H3. The number of imidazole rings is 1. The highest BCUT2D eigenvalue weighted by Gasteiger charge is 2.14. The van der Waals surface area contributed by atoms with Crippen molar-refractivity contribution in [1.82, 2.24) is 20.0 Å². The molecule has 0 spiro atoms. The van der Waals surface area contributed by atoms with Gasteiger partial charge in [-0.25, -0.2) is 4.98 Å². The number of hydrogen-bond acceptors (Lipinski definition) is 4. The van der Waals surface area contributed by atoms with Gasteiger partial charge in [-0.05, 0) is 12.1 Å². The number of aryl methyl sites for hydroxylation is 1. The van der Waals surface area contributed by atoms with Crippen LogP contribution in [0.5, 0.6) is 0 Å². The topological polar surface area (TPSA) is 68.8 Å². The fourth-order valence-electron chi connectivity index (χ4n) is 2.30. The Morgan fingerprint density at radius 1 is 1.25 bits per heavy atom. The average molecular weight is 267 g/mol. The van der Waals surface area contributed by atoms with E-state index in [1.807, 2.05) is 42.1 Å². The first kappa shape index (κ1) is 12.8. The van der Waals surface area contributed by atoms with E-state index in [0.29, 0.717) is 6.42 Å². The molecule has 102 valence electrons. The van der Waals surface area contributed by atoms with Crippen molar-refractivity contribution >= 4 is 10.9 Å². The maximum Gasteiger partial charge on any atom is 0.110 e.